The minimum absolute atomic E-state index is 0.149. The van der Waals surface area contributed by atoms with E-state index in [1.54, 1.807) is 11.8 Å². The first kappa shape index (κ1) is 14.7. The van der Waals surface area contributed by atoms with E-state index in [-0.39, 0.29) is 5.91 Å². The van der Waals surface area contributed by atoms with Crippen LogP contribution in [0.15, 0.2) is 29.2 Å². The molecule has 2 N–H and O–H groups in total. The minimum Gasteiger partial charge on any atom is -0.355 e. The van der Waals surface area contributed by atoms with Gasteiger partial charge in [-0.1, -0.05) is 11.6 Å². The average molecular weight is 299 g/mol. The molecule has 0 aliphatic carbocycles. The van der Waals surface area contributed by atoms with Crippen LogP contribution >= 0.6 is 23.4 Å². The van der Waals surface area contributed by atoms with Crippen LogP contribution in [-0.2, 0) is 4.79 Å². The summed E-state index contributed by atoms with van der Waals surface area (Å²) in [5, 5.41) is 7.05. The average Bonchev–Trinajstić information content (AvgIpc) is 2.89. The Labute approximate surface area is 123 Å². The molecule has 1 aliphatic heterocycles. The van der Waals surface area contributed by atoms with Gasteiger partial charge in [-0.3, -0.25) is 4.79 Å². The van der Waals surface area contributed by atoms with E-state index in [9.17, 15) is 4.79 Å². The van der Waals surface area contributed by atoms with E-state index in [0.717, 1.165) is 23.7 Å². The number of halogens is 1. The molecule has 0 aromatic heterocycles. The number of benzene rings is 1. The van der Waals surface area contributed by atoms with Gasteiger partial charge in [0, 0.05) is 34.7 Å². The molecule has 0 bridgehead atoms. The van der Waals surface area contributed by atoms with Crippen LogP contribution in [0.1, 0.15) is 19.3 Å². The molecule has 2 rings (SSSR count). The Hall–Kier alpha value is -0.710. The lowest BCUT2D eigenvalue weighted by Gasteiger charge is -2.10. The molecule has 1 heterocycles. The molecule has 1 amide bonds. The van der Waals surface area contributed by atoms with Crippen molar-refractivity contribution in [2.75, 3.05) is 18.8 Å². The van der Waals surface area contributed by atoms with Crippen LogP contribution in [0.3, 0.4) is 0 Å². The lowest BCUT2D eigenvalue weighted by atomic mass is 10.1. The molecule has 104 valence electrons. The molecule has 0 saturated carbocycles. The molecule has 1 aromatic carbocycles. The van der Waals surface area contributed by atoms with Crippen molar-refractivity contribution in [2.24, 2.45) is 0 Å². The Morgan fingerprint density at radius 2 is 2.21 bits per heavy atom. The molecule has 1 saturated heterocycles. The van der Waals surface area contributed by atoms with Gasteiger partial charge >= 0.3 is 0 Å². The van der Waals surface area contributed by atoms with E-state index in [0.29, 0.717) is 19.0 Å². The summed E-state index contributed by atoms with van der Waals surface area (Å²) in [4.78, 5) is 12.9. The van der Waals surface area contributed by atoms with Gasteiger partial charge in [0.2, 0.25) is 5.91 Å². The summed E-state index contributed by atoms with van der Waals surface area (Å²) in [6, 6.07) is 8.14. The topological polar surface area (TPSA) is 41.1 Å². The highest BCUT2D eigenvalue weighted by atomic mass is 35.5. The molecule has 0 spiro atoms. The minimum atomic E-state index is 0.149. The summed E-state index contributed by atoms with van der Waals surface area (Å²) >= 11 is 7.55. The summed E-state index contributed by atoms with van der Waals surface area (Å²) in [7, 11) is 0. The van der Waals surface area contributed by atoms with Crippen molar-refractivity contribution in [3.8, 4) is 0 Å². The van der Waals surface area contributed by atoms with E-state index < -0.39 is 0 Å². The molecule has 5 heteroatoms. The van der Waals surface area contributed by atoms with E-state index in [4.69, 9.17) is 11.6 Å². The fourth-order valence-corrected chi connectivity index (χ4v) is 3.01. The quantitative estimate of drug-likeness (QED) is 0.627. The Kier molecular flexibility index (Phi) is 6.01. The number of thioether (sulfide) groups is 1. The van der Waals surface area contributed by atoms with Gasteiger partial charge in [-0.05, 0) is 43.7 Å². The first-order valence-corrected chi connectivity index (χ1v) is 7.99. The van der Waals surface area contributed by atoms with Crippen molar-refractivity contribution in [3.63, 3.8) is 0 Å². The van der Waals surface area contributed by atoms with Crippen molar-refractivity contribution < 1.29 is 4.79 Å². The standard InChI is InChI=1S/C14H19ClN2OS/c15-11-3-5-13(6-4-11)19-9-8-17-14(18)10-12-2-1-7-16-12/h3-6,12,16H,1-2,7-10H2,(H,17,18). The van der Waals surface area contributed by atoms with E-state index >= 15 is 0 Å². The maximum Gasteiger partial charge on any atom is 0.221 e. The maximum absolute atomic E-state index is 11.7. The summed E-state index contributed by atoms with van der Waals surface area (Å²) in [5.41, 5.74) is 0. The van der Waals surface area contributed by atoms with E-state index in [2.05, 4.69) is 10.6 Å². The van der Waals surface area contributed by atoms with E-state index in [1.165, 1.54) is 11.3 Å². The predicted octanol–water partition coefficient (Wildman–Crippen LogP) is 2.69. The zero-order chi connectivity index (χ0) is 13.5. The number of carbonyl (C=O) groups is 1. The fourth-order valence-electron chi connectivity index (χ4n) is 2.12. The molecule has 19 heavy (non-hydrogen) atoms. The number of nitrogens with one attached hydrogen (secondary N) is 2. The van der Waals surface area contributed by atoms with Crippen LogP contribution in [0.25, 0.3) is 0 Å². The van der Waals surface area contributed by atoms with E-state index in [1.807, 2.05) is 24.3 Å². The van der Waals surface area contributed by atoms with Gasteiger partial charge in [0.05, 0.1) is 0 Å². The molecule has 1 aliphatic rings. The smallest absolute Gasteiger partial charge is 0.221 e. The van der Waals surface area contributed by atoms with Crippen molar-refractivity contribution in [2.45, 2.75) is 30.2 Å². The normalized spacial score (nSPS) is 18.5. The highest BCUT2D eigenvalue weighted by Crippen LogP contribution is 2.19. The Balaban J connectivity index is 1.58. The second-order valence-electron chi connectivity index (χ2n) is 4.65. The zero-order valence-electron chi connectivity index (χ0n) is 10.8. The molecule has 1 fully saturated rings. The largest absolute Gasteiger partial charge is 0.355 e. The second-order valence-corrected chi connectivity index (χ2v) is 6.25. The molecule has 1 unspecified atom stereocenters. The maximum atomic E-state index is 11.7. The molecule has 1 aromatic rings. The first-order valence-electron chi connectivity index (χ1n) is 6.62. The van der Waals surface area contributed by atoms with Gasteiger partial charge in [-0.15, -0.1) is 11.8 Å². The monoisotopic (exact) mass is 298 g/mol. The van der Waals surface area contributed by atoms with Gasteiger partial charge in [0.1, 0.15) is 0 Å². The van der Waals surface area contributed by atoms with Crippen LogP contribution in [0.4, 0.5) is 0 Å². The third kappa shape index (κ3) is 5.43. The number of carbonyl (C=O) groups excluding carboxylic acids is 1. The van der Waals surface area contributed by atoms with Gasteiger partial charge in [-0.2, -0.15) is 0 Å². The van der Waals surface area contributed by atoms with Crippen molar-refractivity contribution in [1.82, 2.24) is 10.6 Å². The van der Waals surface area contributed by atoms with Gasteiger partial charge in [-0.25, -0.2) is 0 Å². The second kappa shape index (κ2) is 7.78. The van der Waals surface area contributed by atoms with Gasteiger partial charge in [0.15, 0.2) is 0 Å². The Morgan fingerprint density at radius 3 is 2.89 bits per heavy atom. The lowest BCUT2D eigenvalue weighted by molar-refractivity contribution is -0.121. The van der Waals surface area contributed by atoms with Crippen molar-refractivity contribution in [1.29, 1.82) is 0 Å². The molecule has 3 nitrogen and oxygen atoms in total. The SMILES string of the molecule is O=C(CC1CCCN1)NCCSc1ccc(Cl)cc1. The molecular formula is C14H19ClN2OS. The first-order chi connectivity index (χ1) is 9.24. The van der Waals surface area contributed by atoms with Gasteiger partial charge in [0.25, 0.3) is 0 Å². The van der Waals surface area contributed by atoms with Crippen LogP contribution < -0.4 is 10.6 Å². The van der Waals surface area contributed by atoms with Crippen LogP contribution in [0.5, 0.6) is 0 Å². The Bertz CT molecular complexity index is 404. The number of amides is 1. The van der Waals surface area contributed by atoms with Crippen molar-refractivity contribution in [3.05, 3.63) is 29.3 Å². The third-order valence-corrected chi connectivity index (χ3v) is 4.37. The Morgan fingerprint density at radius 1 is 1.42 bits per heavy atom. The number of rotatable bonds is 6. The number of hydrogen-bond acceptors (Lipinski definition) is 3. The van der Waals surface area contributed by atoms with Gasteiger partial charge < -0.3 is 10.6 Å². The summed E-state index contributed by atoms with van der Waals surface area (Å²) in [5.74, 6) is 1.03. The third-order valence-electron chi connectivity index (χ3n) is 3.10. The fraction of sp³-hybridized carbons (Fsp3) is 0.500. The highest BCUT2D eigenvalue weighted by molar-refractivity contribution is 7.99. The summed E-state index contributed by atoms with van der Waals surface area (Å²) in [6.45, 7) is 1.75. The van der Waals surface area contributed by atoms with Crippen LogP contribution in [0, 0.1) is 0 Å². The zero-order valence-corrected chi connectivity index (χ0v) is 12.4. The summed E-state index contributed by atoms with van der Waals surface area (Å²) in [6.07, 6.45) is 2.91. The molecule has 1 atom stereocenters. The highest BCUT2D eigenvalue weighted by Gasteiger charge is 2.16. The van der Waals surface area contributed by atoms with Crippen LogP contribution in [0.2, 0.25) is 5.02 Å². The predicted molar refractivity (Wildman–Crippen MR) is 80.8 cm³/mol. The molecular weight excluding hydrogens is 280 g/mol. The molecule has 0 radical (unpaired) electrons. The van der Waals surface area contributed by atoms with Crippen molar-refractivity contribution >= 4 is 29.3 Å². The summed E-state index contributed by atoms with van der Waals surface area (Å²) < 4.78 is 0. The number of hydrogen-bond donors (Lipinski definition) is 2. The van der Waals surface area contributed by atoms with Crippen LogP contribution in [-0.4, -0.2) is 30.8 Å². The lowest BCUT2D eigenvalue weighted by Crippen LogP contribution is -2.32.